The highest BCUT2D eigenvalue weighted by Crippen LogP contribution is 2.38. The molecule has 1 N–H and O–H groups in total. The Hall–Kier alpha value is -2.10. The van der Waals surface area contributed by atoms with Crippen LogP contribution in [-0.2, 0) is 11.3 Å². The molecule has 0 radical (unpaired) electrons. The van der Waals surface area contributed by atoms with E-state index >= 15 is 0 Å². The van der Waals surface area contributed by atoms with Crippen molar-refractivity contribution >= 4 is 11.7 Å². The zero-order chi connectivity index (χ0) is 14.1. The van der Waals surface area contributed by atoms with Crippen molar-refractivity contribution in [2.45, 2.75) is 26.8 Å². The number of anilines is 1. The van der Waals surface area contributed by atoms with Crippen LogP contribution in [0.2, 0.25) is 0 Å². The molecule has 1 aliphatic carbocycles. The number of rotatable bonds is 4. The van der Waals surface area contributed by atoms with Gasteiger partial charge in [-0.3, -0.25) is 4.79 Å². The molecule has 1 amide bonds. The number of benzene rings is 1. The quantitative estimate of drug-likeness (QED) is 0.927. The maximum absolute atomic E-state index is 12.0. The molecule has 20 heavy (non-hydrogen) atoms. The average Bonchev–Trinajstić information content (AvgIpc) is 2.99. The molecule has 0 aliphatic heterocycles. The third kappa shape index (κ3) is 2.74. The number of carbonyl (C=O) groups is 1. The third-order valence-corrected chi connectivity index (χ3v) is 3.83. The average molecular weight is 269 g/mol. The van der Waals surface area contributed by atoms with Gasteiger partial charge in [0.1, 0.15) is 5.82 Å². The summed E-state index contributed by atoms with van der Waals surface area (Å²) in [5.74, 6) is 1.58. The highest BCUT2D eigenvalue weighted by Gasteiger charge is 2.39. The van der Waals surface area contributed by atoms with E-state index in [1.807, 2.05) is 16.8 Å². The van der Waals surface area contributed by atoms with Crippen molar-refractivity contribution in [1.82, 2.24) is 9.78 Å². The van der Waals surface area contributed by atoms with Crippen molar-refractivity contribution in [3.63, 3.8) is 0 Å². The van der Waals surface area contributed by atoms with E-state index in [-0.39, 0.29) is 11.8 Å². The van der Waals surface area contributed by atoms with Gasteiger partial charge in [0.15, 0.2) is 0 Å². The Labute approximate surface area is 118 Å². The lowest BCUT2D eigenvalue weighted by Crippen LogP contribution is -2.18. The van der Waals surface area contributed by atoms with Crippen LogP contribution in [-0.4, -0.2) is 15.7 Å². The van der Waals surface area contributed by atoms with E-state index in [1.54, 1.807) is 6.20 Å². The molecule has 4 heteroatoms. The first-order chi connectivity index (χ1) is 9.63. The van der Waals surface area contributed by atoms with Gasteiger partial charge in [0.2, 0.25) is 5.91 Å². The number of carbonyl (C=O) groups excluding carboxylic acids is 1. The van der Waals surface area contributed by atoms with Crippen molar-refractivity contribution in [3.05, 3.63) is 47.7 Å². The SMILES string of the molecule is Cc1cccc(Cn2nccc2NC(=O)C2CC2C)c1. The largest absolute Gasteiger partial charge is 0.311 e. The zero-order valence-corrected chi connectivity index (χ0v) is 11.8. The summed E-state index contributed by atoms with van der Waals surface area (Å²) in [6.07, 6.45) is 2.72. The highest BCUT2D eigenvalue weighted by molar-refractivity contribution is 5.93. The summed E-state index contributed by atoms with van der Waals surface area (Å²) in [7, 11) is 0. The van der Waals surface area contributed by atoms with Gasteiger partial charge in [0.25, 0.3) is 0 Å². The van der Waals surface area contributed by atoms with E-state index in [4.69, 9.17) is 0 Å². The van der Waals surface area contributed by atoms with Crippen molar-refractivity contribution in [2.24, 2.45) is 11.8 Å². The summed E-state index contributed by atoms with van der Waals surface area (Å²) < 4.78 is 1.83. The Morgan fingerprint density at radius 1 is 1.45 bits per heavy atom. The molecule has 4 nitrogen and oxygen atoms in total. The van der Waals surface area contributed by atoms with Crippen LogP contribution in [0.4, 0.5) is 5.82 Å². The summed E-state index contributed by atoms with van der Waals surface area (Å²) in [4.78, 5) is 12.0. The molecule has 1 fully saturated rings. The van der Waals surface area contributed by atoms with Crippen molar-refractivity contribution in [1.29, 1.82) is 0 Å². The molecule has 2 unspecified atom stereocenters. The van der Waals surface area contributed by atoms with Gasteiger partial charge in [-0.2, -0.15) is 5.10 Å². The second-order valence-corrected chi connectivity index (χ2v) is 5.67. The van der Waals surface area contributed by atoms with Crippen LogP contribution in [0.5, 0.6) is 0 Å². The van der Waals surface area contributed by atoms with Crippen LogP contribution in [0.1, 0.15) is 24.5 Å². The highest BCUT2D eigenvalue weighted by atomic mass is 16.2. The summed E-state index contributed by atoms with van der Waals surface area (Å²) in [5, 5.41) is 7.27. The maximum Gasteiger partial charge on any atom is 0.228 e. The van der Waals surface area contributed by atoms with Gasteiger partial charge in [-0.25, -0.2) is 4.68 Å². The number of hydrogen-bond donors (Lipinski definition) is 1. The van der Waals surface area contributed by atoms with Crippen LogP contribution in [0.3, 0.4) is 0 Å². The van der Waals surface area contributed by atoms with Crippen molar-refractivity contribution < 1.29 is 4.79 Å². The molecule has 2 aromatic rings. The van der Waals surface area contributed by atoms with Gasteiger partial charge < -0.3 is 5.32 Å². The van der Waals surface area contributed by atoms with Crippen molar-refractivity contribution in [3.8, 4) is 0 Å². The minimum atomic E-state index is 0.114. The van der Waals surface area contributed by atoms with Gasteiger partial charge in [-0.1, -0.05) is 36.8 Å². The Morgan fingerprint density at radius 3 is 2.95 bits per heavy atom. The lowest BCUT2D eigenvalue weighted by molar-refractivity contribution is -0.117. The van der Waals surface area contributed by atoms with Crippen molar-refractivity contribution in [2.75, 3.05) is 5.32 Å². The van der Waals surface area contributed by atoms with E-state index in [1.165, 1.54) is 11.1 Å². The molecule has 0 saturated heterocycles. The number of aromatic nitrogens is 2. The van der Waals surface area contributed by atoms with E-state index in [9.17, 15) is 4.79 Å². The van der Waals surface area contributed by atoms with Gasteiger partial charge in [-0.05, 0) is 24.8 Å². The van der Waals surface area contributed by atoms with E-state index in [2.05, 4.69) is 42.5 Å². The predicted molar refractivity (Wildman–Crippen MR) is 78.4 cm³/mol. The number of hydrogen-bond acceptors (Lipinski definition) is 2. The van der Waals surface area contributed by atoms with Crippen LogP contribution in [0, 0.1) is 18.8 Å². The lowest BCUT2D eigenvalue weighted by atomic mass is 10.1. The van der Waals surface area contributed by atoms with Gasteiger partial charge in [0, 0.05) is 12.0 Å². The maximum atomic E-state index is 12.0. The zero-order valence-electron chi connectivity index (χ0n) is 11.8. The standard InChI is InChI=1S/C16H19N3O/c1-11-4-3-5-13(8-11)10-19-15(6-7-17-19)18-16(20)14-9-12(14)2/h3-8,12,14H,9-10H2,1-2H3,(H,18,20). The molecular formula is C16H19N3O. The number of nitrogens with zero attached hydrogens (tertiary/aromatic N) is 2. The third-order valence-electron chi connectivity index (χ3n) is 3.83. The van der Waals surface area contributed by atoms with Gasteiger partial charge in [0.05, 0.1) is 12.7 Å². The molecular weight excluding hydrogens is 250 g/mol. The molecule has 1 aromatic heterocycles. The van der Waals surface area contributed by atoms with E-state index < -0.39 is 0 Å². The van der Waals surface area contributed by atoms with Gasteiger partial charge in [-0.15, -0.1) is 0 Å². The minimum absolute atomic E-state index is 0.114. The Balaban J connectivity index is 1.71. The second kappa shape index (κ2) is 5.12. The molecule has 1 saturated carbocycles. The Kier molecular flexibility index (Phi) is 3.30. The molecule has 3 rings (SSSR count). The van der Waals surface area contributed by atoms with Crippen LogP contribution < -0.4 is 5.32 Å². The molecule has 104 valence electrons. The summed E-state index contributed by atoms with van der Waals surface area (Å²) in [5.41, 5.74) is 2.41. The first-order valence-electron chi connectivity index (χ1n) is 7.01. The van der Waals surface area contributed by atoms with E-state index in [0.29, 0.717) is 12.5 Å². The Bertz CT molecular complexity index is 632. The number of aryl methyl sites for hydroxylation is 1. The van der Waals surface area contributed by atoms with Crippen LogP contribution in [0.15, 0.2) is 36.5 Å². The predicted octanol–water partition coefficient (Wildman–Crippen LogP) is 2.83. The monoisotopic (exact) mass is 269 g/mol. The first kappa shape index (κ1) is 12.9. The number of nitrogens with one attached hydrogen (secondary N) is 1. The smallest absolute Gasteiger partial charge is 0.228 e. The topological polar surface area (TPSA) is 46.9 Å². The minimum Gasteiger partial charge on any atom is -0.311 e. The second-order valence-electron chi connectivity index (χ2n) is 5.67. The first-order valence-corrected chi connectivity index (χ1v) is 7.01. The molecule has 1 aromatic carbocycles. The van der Waals surface area contributed by atoms with Crippen LogP contribution in [0.25, 0.3) is 0 Å². The molecule has 1 heterocycles. The fraction of sp³-hybridized carbons (Fsp3) is 0.375. The summed E-state index contributed by atoms with van der Waals surface area (Å²) in [6.45, 7) is 4.85. The molecule has 1 aliphatic rings. The number of amides is 1. The van der Waals surface area contributed by atoms with Gasteiger partial charge >= 0.3 is 0 Å². The molecule has 0 bridgehead atoms. The fourth-order valence-corrected chi connectivity index (χ4v) is 2.45. The molecule has 2 atom stereocenters. The summed E-state index contributed by atoms with van der Waals surface area (Å²) >= 11 is 0. The Morgan fingerprint density at radius 2 is 2.25 bits per heavy atom. The normalized spacial score (nSPS) is 20.7. The molecule has 0 spiro atoms. The van der Waals surface area contributed by atoms with Crippen LogP contribution >= 0.6 is 0 Å². The lowest BCUT2D eigenvalue weighted by Gasteiger charge is -2.09. The fourth-order valence-electron chi connectivity index (χ4n) is 2.45. The van der Waals surface area contributed by atoms with E-state index in [0.717, 1.165) is 12.2 Å². The summed E-state index contributed by atoms with van der Waals surface area (Å²) in [6, 6.07) is 10.2.